The van der Waals surface area contributed by atoms with Crippen LogP contribution in [0.25, 0.3) is 0 Å². The van der Waals surface area contributed by atoms with E-state index >= 15 is 0 Å². The zero-order valence-electron chi connectivity index (χ0n) is 6.89. The van der Waals surface area contributed by atoms with Crippen molar-refractivity contribution in [3.05, 3.63) is 33.3 Å². The van der Waals surface area contributed by atoms with Gasteiger partial charge in [-0.05, 0) is 40.0 Å². The average Bonchev–Trinajstić information content (AvgIpc) is 2.09. The van der Waals surface area contributed by atoms with Crippen molar-refractivity contribution in [3.8, 4) is 0 Å². The smallest absolute Gasteiger partial charge is 0.140 e. The summed E-state index contributed by atoms with van der Waals surface area (Å²) in [5.41, 5.74) is 1.05. The minimum Gasteiger partial charge on any atom is -0.299 e. The van der Waals surface area contributed by atoms with Gasteiger partial charge >= 0.3 is 0 Å². The van der Waals surface area contributed by atoms with Crippen LogP contribution in [0, 0.1) is 0 Å². The fraction of sp³-hybridized carbons (Fsp3) is 0.300. The molecule has 0 aliphatic heterocycles. The van der Waals surface area contributed by atoms with Crippen LogP contribution >= 0.6 is 27.5 Å². The highest BCUT2D eigenvalue weighted by atomic mass is 79.9. The Kier molecular flexibility index (Phi) is 2.43. The number of hydrogen-bond acceptors (Lipinski definition) is 1. The number of rotatable bonds is 1. The summed E-state index contributed by atoms with van der Waals surface area (Å²) in [6, 6.07) is 5.72. The molecule has 0 amide bonds. The van der Waals surface area contributed by atoms with E-state index in [2.05, 4.69) is 15.9 Å². The maximum absolute atomic E-state index is 11.2. The lowest BCUT2D eigenvalue weighted by Gasteiger charge is -2.24. The maximum atomic E-state index is 11.2. The van der Waals surface area contributed by atoms with Crippen LogP contribution in [-0.2, 0) is 4.79 Å². The van der Waals surface area contributed by atoms with Gasteiger partial charge < -0.3 is 0 Å². The summed E-state index contributed by atoms with van der Waals surface area (Å²) in [5.74, 6) is 0.434. The number of benzene rings is 1. The summed E-state index contributed by atoms with van der Waals surface area (Å²) in [5, 5.41) is 0.678. The predicted molar refractivity (Wildman–Crippen MR) is 56.1 cm³/mol. The van der Waals surface area contributed by atoms with Crippen molar-refractivity contribution in [2.24, 2.45) is 0 Å². The summed E-state index contributed by atoms with van der Waals surface area (Å²) in [7, 11) is 0. The third-order valence-corrected chi connectivity index (χ3v) is 3.65. The van der Waals surface area contributed by atoms with Crippen molar-refractivity contribution in [3.63, 3.8) is 0 Å². The lowest BCUT2D eigenvalue weighted by atomic mass is 9.79. The molecule has 0 saturated heterocycles. The number of hydrogen-bond donors (Lipinski definition) is 0. The minimum atomic E-state index is 0.102. The zero-order chi connectivity index (χ0) is 9.42. The molecule has 1 fully saturated rings. The molecule has 1 unspecified atom stereocenters. The Morgan fingerprint density at radius 3 is 2.69 bits per heavy atom. The van der Waals surface area contributed by atoms with Gasteiger partial charge in [-0.15, -0.1) is 0 Å². The van der Waals surface area contributed by atoms with Gasteiger partial charge in [-0.3, -0.25) is 4.79 Å². The lowest BCUT2D eigenvalue weighted by molar-refractivity contribution is -0.125. The van der Waals surface area contributed by atoms with Crippen LogP contribution in [0.15, 0.2) is 22.7 Å². The van der Waals surface area contributed by atoms with E-state index in [1.165, 1.54) is 0 Å². The summed E-state index contributed by atoms with van der Waals surface area (Å²) in [6.45, 7) is 0. The molecule has 0 aromatic heterocycles. The third kappa shape index (κ3) is 1.65. The van der Waals surface area contributed by atoms with Crippen molar-refractivity contribution in [1.82, 2.24) is 0 Å². The van der Waals surface area contributed by atoms with Crippen LogP contribution in [-0.4, -0.2) is 5.78 Å². The van der Waals surface area contributed by atoms with Gasteiger partial charge in [0.2, 0.25) is 0 Å². The first-order valence-electron chi connectivity index (χ1n) is 4.16. The molecule has 1 atom stereocenters. The van der Waals surface area contributed by atoms with Crippen molar-refractivity contribution in [1.29, 1.82) is 0 Å². The Balaban J connectivity index is 2.31. The molecular weight excluding hydrogens is 251 g/mol. The van der Waals surface area contributed by atoms with E-state index in [0.717, 1.165) is 22.9 Å². The first-order valence-corrected chi connectivity index (χ1v) is 5.33. The second-order valence-corrected chi connectivity index (χ2v) is 4.49. The molecule has 0 N–H and O–H groups in total. The Bertz CT molecular complexity index is 362. The summed E-state index contributed by atoms with van der Waals surface area (Å²) >= 11 is 9.25. The summed E-state index contributed by atoms with van der Waals surface area (Å²) in [4.78, 5) is 11.2. The molecule has 1 aromatic carbocycles. The van der Waals surface area contributed by atoms with Crippen LogP contribution in [0.2, 0.25) is 5.02 Å². The number of Topliss-reactive ketones (excluding diaryl/α,β-unsaturated/α-hetero) is 1. The second-order valence-electron chi connectivity index (χ2n) is 3.23. The van der Waals surface area contributed by atoms with Crippen molar-refractivity contribution < 1.29 is 4.79 Å². The highest BCUT2D eigenvalue weighted by Crippen LogP contribution is 2.35. The van der Waals surface area contributed by atoms with Gasteiger partial charge in [-0.1, -0.05) is 17.7 Å². The lowest BCUT2D eigenvalue weighted by Crippen LogP contribution is -2.23. The maximum Gasteiger partial charge on any atom is 0.140 e. The SMILES string of the molecule is O=C1CCC1c1ccc(Br)c(Cl)c1. The fourth-order valence-electron chi connectivity index (χ4n) is 1.49. The van der Waals surface area contributed by atoms with Crippen molar-refractivity contribution in [2.45, 2.75) is 18.8 Å². The molecule has 68 valence electrons. The van der Waals surface area contributed by atoms with Gasteiger partial charge in [0, 0.05) is 16.8 Å². The van der Waals surface area contributed by atoms with Gasteiger partial charge in [0.15, 0.2) is 0 Å². The molecule has 2 rings (SSSR count). The van der Waals surface area contributed by atoms with Gasteiger partial charge in [-0.2, -0.15) is 0 Å². The van der Waals surface area contributed by atoms with Gasteiger partial charge in [0.25, 0.3) is 0 Å². The Morgan fingerprint density at radius 2 is 2.23 bits per heavy atom. The van der Waals surface area contributed by atoms with Gasteiger partial charge in [0.05, 0.1) is 5.02 Å². The standard InChI is InChI=1S/C10H8BrClO/c11-8-3-1-6(5-9(8)12)7-2-4-10(7)13/h1,3,5,7H,2,4H2. The molecule has 1 saturated carbocycles. The van der Waals surface area contributed by atoms with Crippen LogP contribution < -0.4 is 0 Å². The van der Waals surface area contributed by atoms with E-state index in [-0.39, 0.29) is 5.92 Å². The molecule has 13 heavy (non-hydrogen) atoms. The molecule has 0 spiro atoms. The summed E-state index contributed by atoms with van der Waals surface area (Å²) < 4.78 is 0.879. The average molecular weight is 260 g/mol. The quantitative estimate of drug-likeness (QED) is 0.754. The molecule has 1 aromatic rings. The number of halogens is 2. The Labute approximate surface area is 90.2 Å². The van der Waals surface area contributed by atoms with Crippen LogP contribution in [0.3, 0.4) is 0 Å². The molecule has 0 bridgehead atoms. The van der Waals surface area contributed by atoms with Gasteiger partial charge in [-0.25, -0.2) is 0 Å². The molecule has 1 aliphatic rings. The monoisotopic (exact) mass is 258 g/mol. The fourth-order valence-corrected chi connectivity index (χ4v) is 1.92. The topological polar surface area (TPSA) is 17.1 Å². The van der Waals surface area contributed by atoms with E-state index in [1.54, 1.807) is 0 Å². The highest BCUT2D eigenvalue weighted by molar-refractivity contribution is 9.10. The molecule has 1 nitrogen and oxygen atoms in total. The molecule has 1 aliphatic carbocycles. The summed E-state index contributed by atoms with van der Waals surface area (Å²) in [6.07, 6.45) is 1.69. The van der Waals surface area contributed by atoms with Crippen LogP contribution in [0.1, 0.15) is 24.3 Å². The Hall–Kier alpha value is -0.340. The predicted octanol–water partition coefficient (Wildman–Crippen LogP) is 3.55. The Morgan fingerprint density at radius 1 is 1.46 bits per heavy atom. The molecule has 0 heterocycles. The third-order valence-electron chi connectivity index (χ3n) is 2.41. The number of carbonyl (C=O) groups excluding carboxylic acids is 1. The highest BCUT2D eigenvalue weighted by Gasteiger charge is 2.29. The first-order chi connectivity index (χ1) is 6.18. The molecule has 0 radical (unpaired) electrons. The van der Waals surface area contributed by atoms with E-state index in [0.29, 0.717) is 10.8 Å². The molecular formula is C10H8BrClO. The molecule has 3 heteroatoms. The zero-order valence-corrected chi connectivity index (χ0v) is 9.23. The second kappa shape index (κ2) is 3.43. The van der Waals surface area contributed by atoms with E-state index in [9.17, 15) is 4.79 Å². The normalized spacial score (nSPS) is 21.4. The van der Waals surface area contributed by atoms with E-state index in [4.69, 9.17) is 11.6 Å². The number of ketones is 1. The van der Waals surface area contributed by atoms with Crippen LogP contribution in [0.5, 0.6) is 0 Å². The van der Waals surface area contributed by atoms with Crippen LogP contribution in [0.4, 0.5) is 0 Å². The minimum absolute atomic E-state index is 0.102. The van der Waals surface area contributed by atoms with Crippen molar-refractivity contribution in [2.75, 3.05) is 0 Å². The van der Waals surface area contributed by atoms with E-state index in [1.807, 2.05) is 18.2 Å². The van der Waals surface area contributed by atoms with Crippen molar-refractivity contribution >= 4 is 33.3 Å². The van der Waals surface area contributed by atoms with E-state index < -0.39 is 0 Å². The number of carbonyl (C=O) groups is 1. The first kappa shape index (κ1) is 9.22. The largest absolute Gasteiger partial charge is 0.299 e. The van der Waals surface area contributed by atoms with Gasteiger partial charge in [0.1, 0.15) is 5.78 Å².